The zero-order valence-corrected chi connectivity index (χ0v) is 13.7. The van der Waals surface area contributed by atoms with Gasteiger partial charge in [0, 0.05) is 25.0 Å². The molecule has 0 saturated carbocycles. The summed E-state index contributed by atoms with van der Waals surface area (Å²) < 4.78 is 0. The first-order valence-corrected chi connectivity index (χ1v) is 8.34. The summed E-state index contributed by atoms with van der Waals surface area (Å²) in [6.07, 6.45) is 1.65. The smallest absolute Gasteiger partial charge is 0.336 e. The third-order valence-corrected chi connectivity index (χ3v) is 5.30. The van der Waals surface area contributed by atoms with Crippen molar-refractivity contribution < 1.29 is 19.8 Å². The molecule has 0 atom stereocenters. The SMILES string of the molecule is O=C(O)c1cc2c(cc1C(=O)O)CC1(C2)CN(Cc2ccccc2)C1. The van der Waals surface area contributed by atoms with Crippen molar-refractivity contribution in [1.29, 1.82) is 0 Å². The molecule has 1 aliphatic carbocycles. The molecule has 25 heavy (non-hydrogen) atoms. The van der Waals surface area contributed by atoms with E-state index in [0.717, 1.165) is 43.6 Å². The van der Waals surface area contributed by atoms with Crippen LogP contribution in [0, 0.1) is 5.41 Å². The zero-order valence-electron chi connectivity index (χ0n) is 13.7. The number of hydrogen-bond donors (Lipinski definition) is 2. The Morgan fingerprint density at radius 2 is 1.44 bits per heavy atom. The van der Waals surface area contributed by atoms with Crippen LogP contribution in [0.5, 0.6) is 0 Å². The van der Waals surface area contributed by atoms with Gasteiger partial charge in [0.2, 0.25) is 0 Å². The minimum absolute atomic E-state index is 0.108. The highest BCUT2D eigenvalue weighted by molar-refractivity contribution is 6.02. The van der Waals surface area contributed by atoms with Crippen LogP contribution in [0.3, 0.4) is 0 Å². The van der Waals surface area contributed by atoms with E-state index in [1.165, 1.54) is 5.56 Å². The molecule has 0 radical (unpaired) electrons. The van der Waals surface area contributed by atoms with E-state index in [9.17, 15) is 19.8 Å². The average Bonchev–Trinajstić information content (AvgIpc) is 2.92. The Morgan fingerprint density at radius 1 is 0.920 bits per heavy atom. The van der Waals surface area contributed by atoms with Gasteiger partial charge < -0.3 is 10.2 Å². The van der Waals surface area contributed by atoms with Gasteiger partial charge in [0.15, 0.2) is 0 Å². The van der Waals surface area contributed by atoms with Crippen molar-refractivity contribution in [2.75, 3.05) is 13.1 Å². The van der Waals surface area contributed by atoms with Gasteiger partial charge in [-0.25, -0.2) is 9.59 Å². The second-order valence-electron chi connectivity index (χ2n) is 7.26. The molecule has 2 aliphatic rings. The Kier molecular flexibility index (Phi) is 3.62. The molecule has 1 aliphatic heterocycles. The summed E-state index contributed by atoms with van der Waals surface area (Å²) in [7, 11) is 0. The van der Waals surface area contributed by atoms with E-state index >= 15 is 0 Å². The molecule has 0 amide bonds. The Labute approximate surface area is 145 Å². The molecule has 1 heterocycles. The van der Waals surface area contributed by atoms with Gasteiger partial charge in [0.1, 0.15) is 0 Å². The van der Waals surface area contributed by atoms with Crippen molar-refractivity contribution >= 4 is 11.9 Å². The van der Waals surface area contributed by atoms with Gasteiger partial charge in [-0.15, -0.1) is 0 Å². The quantitative estimate of drug-likeness (QED) is 0.897. The van der Waals surface area contributed by atoms with Crippen LogP contribution < -0.4 is 0 Å². The molecule has 128 valence electrons. The Morgan fingerprint density at radius 3 is 1.92 bits per heavy atom. The molecule has 0 unspecified atom stereocenters. The third kappa shape index (κ3) is 2.81. The number of fused-ring (bicyclic) bond motifs is 1. The van der Waals surface area contributed by atoms with Crippen molar-refractivity contribution in [3.05, 3.63) is 70.3 Å². The van der Waals surface area contributed by atoms with Crippen LogP contribution in [0.25, 0.3) is 0 Å². The van der Waals surface area contributed by atoms with Gasteiger partial charge in [-0.05, 0) is 41.7 Å². The molecule has 4 rings (SSSR count). The summed E-state index contributed by atoms with van der Waals surface area (Å²) in [5, 5.41) is 18.6. The zero-order chi connectivity index (χ0) is 17.6. The fraction of sp³-hybridized carbons (Fsp3) is 0.300. The number of likely N-dealkylation sites (tertiary alicyclic amines) is 1. The fourth-order valence-corrected chi connectivity index (χ4v) is 4.32. The highest BCUT2D eigenvalue weighted by Gasteiger charge is 2.47. The predicted molar refractivity (Wildman–Crippen MR) is 91.9 cm³/mol. The molecule has 0 bridgehead atoms. The van der Waals surface area contributed by atoms with Gasteiger partial charge in [-0.1, -0.05) is 30.3 Å². The normalized spacial score (nSPS) is 17.9. The third-order valence-electron chi connectivity index (χ3n) is 5.30. The molecule has 5 heteroatoms. The first-order chi connectivity index (χ1) is 12.0. The maximum atomic E-state index is 11.4. The number of hydrogen-bond acceptors (Lipinski definition) is 3. The first-order valence-electron chi connectivity index (χ1n) is 8.34. The van der Waals surface area contributed by atoms with Gasteiger partial charge in [-0.2, -0.15) is 0 Å². The van der Waals surface area contributed by atoms with Crippen LogP contribution in [-0.2, 0) is 19.4 Å². The molecule has 2 N–H and O–H groups in total. The largest absolute Gasteiger partial charge is 0.478 e. The Bertz CT molecular complexity index is 808. The Hall–Kier alpha value is -2.66. The van der Waals surface area contributed by atoms with Crippen LogP contribution in [0.2, 0.25) is 0 Å². The van der Waals surface area contributed by atoms with Gasteiger partial charge in [0.05, 0.1) is 11.1 Å². The van der Waals surface area contributed by atoms with Crippen LogP contribution >= 0.6 is 0 Å². The summed E-state index contributed by atoms with van der Waals surface area (Å²) in [5.41, 5.74) is 3.18. The average molecular weight is 337 g/mol. The van der Waals surface area contributed by atoms with Crippen LogP contribution in [-0.4, -0.2) is 40.1 Å². The van der Waals surface area contributed by atoms with E-state index in [1.54, 1.807) is 12.1 Å². The van der Waals surface area contributed by atoms with E-state index < -0.39 is 11.9 Å². The summed E-state index contributed by atoms with van der Waals surface area (Å²) in [5.74, 6) is -2.36. The monoisotopic (exact) mass is 337 g/mol. The molecule has 1 spiro atoms. The lowest BCUT2D eigenvalue weighted by Gasteiger charge is -2.48. The van der Waals surface area contributed by atoms with Crippen molar-refractivity contribution in [3.8, 4) is 0 Å². The summed E-state index contributed by atoms with van der Waals surface area (Å²) in [6, 6.07) is 13.5. The van der Waals surface area contributed by atoms with E-state index in [2.05, 4.69) is 17.0 Å². The number of carboxylic acids is 2. The molecule has 2 aromatic rings. The van der Waals surface area contributed by atoms with Crippen molar-refractivity contribution in [3.63, 3.8) is 0 Å². The van der Waals surface area contributed by atoms with Gasteiger partial charge in [0.25, 0.3) is 0 Å². The number of rotatable bonds is 4. The lowest BCUT2D eigenvalue weighted by atomic mass is 9.77. The van der Waals surface area contributed by atoms with Gasteiger partial charge >= 0.3 is 11.9 Å². The highest BCUT2D eigenvalue weighted by atomic mass is 16.4. The number of aromatic carboxylic acids is 2. The first kappa shape index (κ1) is 15.8. The topological polar surface area (TPSA) is 77.8 Å². The molecule has 1 saturated heterocycles. The van der Waals surface area contributed by atoms with Crippen molar-refractivity contribution in [2.45, 2.75) is 19.4 Å². The summed E-state index contributed by atoms with van der Waals surface area (Å²) >= 11 is 0. The maximum absolute atomic E-state index is 11.4. The second-order valence-corrected chi connectivity index (χ2v) is 7.26. The lowest BCUT2D eigenvalue weighted by Crippen LogP contribution is -2.56. The number of carbonyl (C=O) groups is 2. The summed E-state index contributed by atoms with van der Waals surface area (Å²) in [6.45, 7) is 2.84. The minimum atomic E-state index is -1.18. The molecular weight excluding hydrogens is 318 g/mol. The number of benzene rings is 2. The number of carboxylic acid groups (broad SMARTS) is 2. The maximum Gasteiger partial charge on any atom is 0.336 e. The fourth-order valence-electron chi connectivity index (χ4n) is 4.32. The molecule has 0 aromatic heterocycles. The van der Waals surface area contributed by atoms with E-state index in [4.69, 9.17) is 0 Å². The van der Waals surface area contributed by atoms with Crippen LogP contribution in [0.1, 0.15) is 37.4 Å². The summed E-state index contributed by atoms with van der Waals surface area (Å²) in [4.78, 5) is 25.1. The molecule has 1 fully saturated rings. The molecule has 5 nitrogen and oxygen atoms in total. The predicted octanol–water partition coefficient (Wildman–Crippen LogP) is 2.68. The number of nitrogens with zero attached hydrogens (tertiary/aromatic N) is 1. The van der Waals surface area contributed by atoms with Crippen LogP contribution in [0.4, 0.5) is 0 Å². The molecular formula is C20H19NO4. The van der Waals surface area contributed by atoms with E-state index in [1.807, 2.05) is 18.2 Å². The van der Waals surface area contributed by atoms with E-state index in [-0.39, 0.29) is 16.5 Å². The second kappa shape index (κ2) is 5.70. The van der Waals surface area contributed by atoms with Crippen LogP contribution in [0.15, 0.2) is 42.5 Å². The highest BCUT2D eigenvalue weighted by Crippen LogP contribution is 2.45. The standard InChI is InChI=1S/C20H19NO4/c22-18(23)16-6-14-8-20(9-15(14)7-17(16)19(24)25)11-21(12-20)10-13-4-2-1-3-5-13/h1-7H,8-12H2,(H,22,23)(H,24,25). The van der Waals surface area contributed by atoms with E-state index in [0.29, 0.717) is 0 Å². The lowest BCUT2D eigenvalue weighted by molar-refractivity contribution is 0.00242. The Balaban J connectivity index is 1.51. The van der Waals surface area contributed by atoms with Gasteiger partial charge in [-0.3, -0.25) is 4.90 Å². The van der Waals surface area contributed by atoms with Crippen molar-refractivity contribution in [1.82, 2.24) is 4.90 Å². The van der Waals surface area contributed by atoms with Crippen molar-refractivity contribution in [2.24, 2.45) is 5.41 Å². The molecule has 2 aromatic carbocycles. The minimum Gasteiger partial charge on any atom is -0.478 e.